The fourth-order valence-corrected chi connectivity index (χ4v) is 2.14. The lowest BCUT2D eigenvalue weighted by Crippen LogP contribution is -2.32. The Kier molecular flexibility index (Phi) is 3.77. The summed E-state index contributed by atoms with van der Waals surface area (Å²) in [7, 11) is 1.91. The summed E-state index contributed by atoms with van der Waals surface area (Å²) in [6.45, 7) is 2.58. The summed E-state index contributed by atoms with van der Waals surface area (Å²) >= 11 is 0. The predicted octanol–water partition coefficient (Wildman–Crippen LogP) is 1.67. The topological polar surface area (TPSA) is 49.4 Å². The Balaban J connectivity index is 2.01. The largest absolute Gasteiger partial charge is 0.317 e. The van der Waals surface area contributed by atoms with Gasteiger partial charge in [0.1, 0.15) is 0 Å². The van der Waals surface area contributed by atoms with E-state index in [1.807, 2.05) is 7.05 Å². The highest BCUT2D eigenvalue weighted by Crippen LogP contribution is 2.22. The molecular weight excluding hydrogens is 228 g/mol. The summed E-state index contributed by atoms with van der Waals surface area (Å²) in [5.74, 6) is -0.319. The molecule has 1 aliphatic rings. The predicted molar refractivity (Wildman–Crippen MR) is 69.6 cm³/mol. The number of fused-ring (bicyclic) bond motifs is 1. The van der Waals surface area contributed by atoms with Crippen LogP contribution in [0.25, 0.3) is 0 Å². The summed E-state index contributed by atoms with van der Waals surface area (Å²) in [4.78, 5) is 25.4. The van der Waals surface area contributed by atoms with Gasteiger partial charge in [-0.25, -0.2) is 0 Å². The molecule has 0 spiro atoms. The van der Waals surface area contributed by atoms with E-state index in [2.05, 4.69) is 12.2 Å². The molecule has 0 saturated carbocycles. The SMILES string of the molecule is CNC(C)CCCN1C(=O)c2ccccc2C1=O. The smallest absolute Gasteiger partial charge is 0.261 e. The van der Waals surface area contributed by atoms with Gasteiger partial charge in [-0.3, -0.25) is 14.5 Å². The second kappa shape index (κ2) is 5.31. The Morgan fingerprint density at radius 1 is 1.17 bits per heavy atom. The molecule has 0 saturated heterocycles. The summed E-state index contributed by atoms with van der Waals surface area (Å²) < 4.78 is 0. The van der Waals surface area contributed by atoms with Crippen LogP contribution in [0.3, 0.4) is 0 Å². The van der Waals surface area contributed by atoms with Gasteiger partial charge < -0.3 is 5.32 Å². The van der Waals surface area contributed by atoms with Crippen molar-refractivity contribution < 1.29 is 9.59 Å². The third-order valence-electron chi connectivity index (χ3n) is 3.39. The van der Waals surface area contributed by atoms with E-state index in [9.17, 15) is 9.59 Å². The Morgan fingerprint density at radius 3 is 2.22 bits per heavy atom. The lowest BCUT2D eigenvalue weighted by Gasteiger charge is -2.15. The zero-order valence-electron chi connectivity index (χ0n) is 10.8. The van der Waals surface area contributed by atoms with Crippen molar-refractivity contribution in [1.29, 1.82) is 0 Å². The molecule has 0 fully saturated rings. The number of imide groups is 1. The molecule has 1 aromatic rings. The molecule has 18 heavy (non-hydrogen) atoms. The second-order valence-corrected chi connectivity index (χ2v) is 4.64. The molecule has 2 rings (SSSR count). The molecule has 0 aliphatic carbocycles. The highest BCUT2D eigenvalue weighted by Gasteiger charge is 2.34. The van der Waals surface area contributed by atoms with Crippen LogP contribution in [0.4, 0.5) is 0 Å². The van der Waals surface area contributed by atoms with Crippen molar-refractivity contribution in [1.82, 2.24) is 10.2 Å². The normalized spacial score (nSPS) is 16.0. The summed E-state index contributed by atoms with van der Waals surface area (Å²) in [6, 6.07) is 7.41. The third-order valence-corrected chi connectivity index (χ3v) is 3.39. The van der Waals surface area contributed by atoms with Gasteiger partial charge >= 0.3 is 0 Å². The molecule has 4 heteroatoms. The average Bonchev–Trinajstić information content (AvgIpc) is 2.64. The highest BCUT2D eigenvalue weighted by atomic mass is 16.2. The van der Waals surface area contributed by atoms with Crippen molar-refractivity contribution in [3.63, 3.8) is 0 Å². The van der Waals surface area contributed by atoms with E-state index in [-0.39, 0.29) is 11.8 Å². The number of carbonyl (C=O) groups is 2. The molecule has 0 radical (unpaired) electrons. The number of nitrogens with zero attached hydrogens (tertiary/aromatic N) is 1. The first-order valence-electron chi connectivity index (χ1n) is 6.27. The standard InChI is InChI=1S/C14H18N2O2/c1-10(15-2)6-5-9-16-13(17)11-7-3-4-8-12(11)14(16)18/h3-4,7-8,10,15H,5-6,9H2,1-2H3. The van der Waals surface area contributed by atoms with E-state index in [1.165, 1.54) is 4.90 Å². The first-order valence-corrected chi connectivity index (χ1v) is 6.27. The van der Waals surface area contributed by atoms with Crippen molar-refractivity contribution in [3.8, 4) is 0 Å². The lowest BCUT2D eigenvalue weighted by molar-refractivity contribution is 0.0650. The Bertz CT molecular complexity index is 436. The van der Waals surface area contributed by atoms with Crippen molar-refractivity contribution in [3.05, 3.63) is 35.4 Å². The Labute approximate surface area is 107 Å². The molecule has 1 N–H and O–H groups in total. The zero-order valence-corrected chi connectivity index (χ0v) is 10.8. The van der Waals surface area contributed by atoms with Crippen molar-refractivity contribution in [2.75, 3.05) is 13.6 Å². The maximum absolute atomic E-state index is 12.0. The van der Waals surface area contributed by atoms with Gasteiger partial charge in [0.2, 0.25) is 0 Å². The quantitative estimate of drug-likeness (QED) is 0.804. The zero-order chi connectivity index (χ0) is 13.1. The molecule has 1 heterocycles. The summed E-state index contributed by atoms with van der Waals surface area (Å²) in [5.41, 5.74) is 1.06. The number of nitrogens with one attached hydrogen (secondary N) is 1. The fraction of sp³-hybridized carbons (Fsp3) is 0.429. The molecule has 1 unspecified atom stereocenters. The van der Waals surface area contributed by atoms with Crippen LogP contribution in [0.5, 0.6) is 0 Å². The molecular formula is C14H18N2O2. The number of benzene rings is 1. The molecule has 1 aliphatic heterocycles. The van der Waals surface area contributed by atoms with Gasteiger partial charge in [0, 0.05) is 12.6 Å². The molecule has 96 valence electrons. The van der Waals surface area contributed by atoms with Crippen LogP contribution >= 0.6 is 0 Å². The lowest BCUT2D eigenvalue weighted by atomic mass is 10.1. The van der Waals surface area contributed by atoms with E-state index in [1.54, 1.807) is 24.3 Å². The first kappa shape index (κ1) is 12.8. The molecule has 4 nitrogen and oxygen atoms in total. The minimum absolute atomic E-state index is 0.160. The van der Waals surface area contributed by atoms with Gasteiger partial charge in [-0.2, -0.15) is 0 Å². The summed E-state index contributed by atoms with van der Waals surface area (Å²) in [6.07, 6.45) is 1.78. The van der Waals surface area contributed by atoms with Crippen LogP contribution in [0.2, 0.25) is 0 Å². The monoisotopic (exact) mass is 246 g/mol. The van der Waals surface area contributed by atoms with Crippen molar-refractivity contribution >= 4 is 11.8 Å². The minimum atomic E-state index is -0.160. The Hall–Kier alpha value is -1.68. The molecule has 0 aromatic heterocycles. The molecule has 1 aromatic carbocycles. The van der Waals surface area contributed by atoms with Crippen LogP contribution in [-0.2, 0) is 0 Å². The fourth-order valence-electron chi connectivity index (χ4n) is 2.14. The molecule has 1 atom stereocenters. The van der Waals surface area contributed by atoms with Crippen LogP contribution in [-0.4, -0.2) is 36.3 Å². The van der Waals surface area contributed by atoms with E-state index >= 15 is 0 Å². The number of amides is 2. The average molecular weight is 246 g/mol. The maximum Gasteiger partial charge on any atom is 0.261 e. The van der Waals surface area contributed by atoms with E-state index in [4.69, 9.17) is 0 Å². The van der Waals surface area contributed by atoms with Gasteiger partial charge in [0.15, 0.2) is 0 Å². The molecule has 0 bridgehead atoms. The van der Waals surface area contributed by atoms with Gasteiger partial charge in [0.05, 0.1) is 11.1 Å². The van der Waals surface area contributed by atoms with Gasteiger partial charge in [0.25, 0.3) is 11.8 Å². The first-order chi connectivity index (χ1) is 8.65. The van der Waals surface area contributed by atoms with Crippen molar-refractivity contribution in [2.45, 2.75) is 25.8 Å². The van der Waals surface area contributed by atoms with Crippen LogP contribution < -0.4 is 5.32 Å². The molecule has 2 amide bonds. The van der Waals surface area contributed by atoms with E-state index < -0.39 is 0 Å². The Morgan fingerprint density at radius 2 is 1.72 bits per heavy atom. The number of carbonyl (C=O) groups excluding carboxylic acids is 2. The van der Waals surface area contributed by atoms with E-state index in [0.29, 0.717) is 23.7 Å². The van der Waals surface area contributed by atoms with Gasteiger partial charge in [-0.1, -0.05) is 12.1 Å². The van der Waals surface area contributed by atoms with Gasteiger partial charge in [-0.05, 0) is 38.9 Å². The number of hydrogen-bond donors (Lipinski definition) is 1. The van der Waals surface area contributed by atoms with Crippen LogP contribution in [0.1, 0.15) is 40.5 Å². The highest BCUT2D eigenvalue weighted by molar-refractivity contribution is 6.21. The second-order valence-electron chi connectivity index (χ2n) is 4.64. The van der Waals surface area contributed by atoms with Crippen molar-refractivity contribution in [2.24, 2.45) is 0 Å². The third kappa shape index (κ3) is 2.29. The van der Waals surface area contributed by atoms with E-state index in [0.717, 1.165) is 12.8 Å². The number of hydrogen-bond acceptors (Lipinski definition) is 3. The van der Waals surface area contributed by atoms with Crippen LogP contribution in [0, 0.1) is 0 Å². The van der Waals surface area contributed by atoms with Gasteiger partial charge in [-0.15, -0.1) is 0 Å². The number of rotatable bonds is 5. The van der Waals surface area contributed by atoms with Crippen LogP contribution in [0.15, 0.2) is 24.3 Å². The summed E-state index contributed by atoms with van der Waals surface area (Å²) in [5, 5.41) is 3.14. The minimum Gasteiger partial charge on any atom is -0.317 e. The maximum atomic E-state index is 12.0.